The van der Waals surface area contributed by atoms with Crippen molar-refractivity contribution in [3.05, 3.63) is 76.2 Å². The molecule has 1 amide bonds. The second-order valence-electron chi connectivity index (χ2n) is 9.48. The lowest BCUT2D eigenvalue weighted by atomic mass is 10.1. The summed E-state index contributed by atoms with van der Waals surface area (Å²) in [6.07, 6.45) is 4.74. The molecule has 0 N–H and O–H groups in total. The van der Waals surface area contributed by atoms with Crippen LogP contribution in [-0.2, 0) is 0 Å². The number of nitrogens with zero attached hydrogens (tertiary/aromatic N) is 6. The van der Waals surface area contributed by atoms with E-state index in [1.165, 1.54) is 0 Å². The molecule has 1 fully saturated rings. The number of anilines is 1. The molecule has 0 spiro atoms. The maximum absolute atomic E-state index is 13.3. The summed E-state index contributed by atoms with van der Waals surface area (Å²) in [7, 11) is 0. The van der Waals surface area contributed by atoms with Gasteiger partial charge in [-0.05, 0) is 43.2 Å². The largest absolute Gasteiger partial charge is 0.354 e. The van der Waals surface area contributed by atoms with E-state index in [2.05, 4.69) is 23.8 Å². The Morgan fingerprint density at radius 1 is 1.03 bits per heavy atom. The average molecular weight is 537 g/mol. The van der Waals surface area contributed by atoms with E-state index < -0.39 is 0 Å². The van der Waals surface area contributed by atoms with Gasteiger partial charge in [-0.25, -0.2) is 14.6 Å². The molecule has 0 unspecified atom stereocenters. The Morgan fingerprint density at radius 3 is 2.59 bits per heavy atom. The third kappa shape index (κ3) is 5.29. The average Bonchev–Trinajstić information content (AvgIpc) is 3.17. The zero-order valence-corrected chi connectivity index (χ0v) is 22.6. The number of rotatable bonds is 6. The first-order chi connectivity index (χ1) is 18.0. The number of halogens is 2. The molecule has 1 atom stereocenters. The van der Waals surface area contributed by atoms with Crippen molar-refractivity contribution in [1.82, 2.24) is 24.6 Å². The van der Waals surface area contributed by atoms with Crippen molar-refractivity contribution in [1.29, 1.82) is 0 Å². The fourth-order valence-corrected chi connectivity index (χ4v) is 5.35. The monoisotopic (exact) mass is 536 g/mol. The third-order valence-corrected chi connectivity index (χ3v) is 7.38. The van der Waals surface area contributed by atoms with E-state index in [9.17, 15) is 4.79 Å². The number of carbonyl (C=O) groups excluding carboxylic acids is 1. The molecule has 192 valence electrons. The van der Waals surface area contributed by atoms with E-state index >= 15 is 0 Å². The number of hydrogen-bond acceptors (Lipinski definition) is 5. The van der Waals surface area contributed by atoms with Crippen molar-refractivity contribution < 1.29 is 4.79 Å². The van der Waals surface area contributed by atoms with Crippen LogP contribution in [0.2, 0.25) is 10.0 Å². The Labute approximate surface area is 227 Å². The van der Waals surface area contributed by atoms with Gasteiger partial charge < -0.3 is 9.80 Å². The fraction of sp³-hybridized carbons (Fsp3) is 0.357. The highest BCUT2D eigenvalue weighted by molar-refractivity contribution is 6.36. The van der Waals surface area contributed by atoms with Crippen LogP contribution < -0.4 is 4.90 Å². The molecule has 9 heteroatoms. The fourth-order valence-electron chi connectivity index (χ4n) is 4.86. The quantitative estimate of drug-likeness (QED) is 0.286. The van der Waals surface area contributed by atoms with Gasteiger partial charge in [0.1, 0.15) is 11.6 Å². The normalized spacial score (nSPS) is 15.1. The first-order valence-electron chi connectivity index (χ1n) is 12.8. The molecule has 2 aromatic heterocycles. The zero-order chi connectivity index (χ0) is 25.9. The molecule has 0 radical (unpaired) electrons. The van der Waals surface area contributed by atoms with Gasteiger partial charge in [0, 0.05) is 37.1 Å². The molecule has 5 rings (SSSR count). The van der Waals surface area contributed by atoms with Gasteiger partial charge in [0.2, 0.25) is 0 Å². The van der Waals surface area contributed by atoms with Gasteiger partial charge in [0.05, 0.1) is 27.9 Å². The molecule has 1 saturated heterocycles. The van der Waals surface area contributed by atoms with E-state index in [4.69, 9.17) is 33.2 Å². The highest BCUT2D eigenvalue weighted by Crippen LogP contribution is 2.30. The number of para-hydroxylation sites is 1. The van der Waals surface area contributed by atoms with Crippen LogP contribution in [0.3, 0.4) is 0 Å². The summed E-state index contributed by atoms with van der Waals surface area (Å²) >= 11 is 12.4. The van der Waals surface area contributed by atoms with E-state index in [-0.39, 0.29) is 11.8 Å². The highest BCUT2D eigenvalue weighted by atomic mass is 35.5. The molecule has 0 bridgehead atoms. The van der Waals surface area contributed by atoms with Gasteiger partial charge in [-0.1, -0.05) is 61.7 Å². The van der Waals surface area contributed by atoms with Crippen LogP contribution in [0.5, 0.6) is 0 Å². The lowest BCUT2D eigenvalue weighted by Crippen LogP contribution is -2.35. The van der Waals surface area contributed by atoms with Gasteiger partial charge in [0.25, 0.3) is 5.91 Å². The molecular weight excluding hydrogens is 507 g/mol. The Morgan fingerprint density at radius 2 is 1.84 bits per heavy atom. The topological polar surface area (TPSA) is 67.2 Å². The van der Waals surface area contributed by atoms with Crippen LogP contribution in [0.4, 0.5) is 5.82 Å². The number of aromatic nitrogens is 4. The minimum absolute atomic E-state index is 0.0782. The third-order valence-electron chi connectivity index (χ3n) is 6.83. The molecule has 1 aliphatic rings. The SMILES string of the molecule is CCC[C@@H](C)c1nc(N2CCCN(C(=O)c3ccc(Cl)cc3Cl)CC2)c2cnn(-c3ccccc3)c2n1. The van der Waals surface area contributed by atoms with Gasteiger partial charge >= 0.3 is 0 Å². The van der Waals surface area contributed by atoms with Gasteiger partial charge in [-0.15, -0.1) is 0 Å². The summed E-state index contributed by atoms with van der Waals surface area (Å²) < 4.78 is 1.89. The van der Waals surface area contributed by atoms with Crippen LogP contribution in [0, 0.1) is 0 Å². The van der Waals surface area contributed by atoms with Crippen molar-refractivity contribution in [3.63, 3.8) is 0 Å². The van der Waals surface area contributed by atoms with Gasteiger partial charge in [0.15, 0.2) is 5.65 Å². The van der Waals surface area contributed by atoms with E-state index in [0.29, 0.717) is 35.2 Å². The molecular formula is C28H30Cl2N6O. The highest BCUT2D eigenvalue weighted by Gasteiger charge is 2.26. The number of hydrogen-bond donors (Lipinski definition) is 0. The second-order valence-corrected chi connectivity index (χ2v) is 10.3. The summed E-state index contributed by atoms with van der Waals surface area (Å²) in [6, 6.07) is 15.1. The lowest BCUT2D eigenvalue weighted by Gasteiger charge is -2.24. The van der Waals surface area contributed by atoms with Gasteiger partial charge in [-0.2, -0.15) is 5.10 Å². The summed E-state index contributed by atoms with van der Waals surface area (Å²) in [5.41, 5.74) is 2.24. The van der Waals surface area contributed by atoms with Crippen LogP contribution in [0.25, 0.3) is 16.7 Å². The lowest BCUT2D eigenvalue weighted by molar-refractivity contribution is 0.0767. The predicted octanol–water partition coefficient (Wildman–Crippen LogP) is 6.38. The van der Waals surface area contributed by atoms with E-state index in [0.717, 1.165) is 54.2 Å². The molecule has 37 heavy (non-hydrogen) atoms. The molecule has 2 aromatic carbocycles. The summed E-state index contributed by atoms with van der Waals surface area (Å²) in [6.45, 7) is 7.00. The van der Waals surface area contributed by atoms with Crippen molar-refractivity contribution in [2.45, 2.75) is 39.0 Å². The van der Waals surface area contributed by atoms with Gasteiger partial charge in [-0.3, -0.25) is 4.79 Å². The van der Waals surface area contributed by atoms with Crippen LogP contribution >= 0.6 is 23.2 Å². The molecule has 3 heterocycles. The Balaban J connectivity index is 1.48. The molecule has 4 aromatic rings. The van der Waals surface area contributed by atoms with E-state index in [1.54, 1.807) is 18.2 Å². The summed E-state index contributed by atoms with van der Waals surface area (Å²) in [4.78, 5) is 27.4. The van der Waals surface area contributed by atoms with Crippen molar-refractivity contribution in [2.75, 3.05) is 31.1 Å². The molecule has 1 aliphatic heterocycles. The Bertz CT molecular complexity index is 1410. The zero-order valence-electron chi connectivity index (χ0n) is 21.1. The summed E-state index contributed by atoms with van der Waals surface area (Å²) in [5, 5.41) is 6.49. The summed E-state index contributed by atoms with van der Waals surface area (Å²) in [5.74, 6) is 1.85. The molecule has 7 nitrogen and oxygen atoms in total. The number of fused-ring (bicyclic) bond motifs is 1. The maximum atomic E-state index is 13.3. The number of amides is 1. The maximum Gasteiger partial charge on any atom is 0.255 e. The standard InChI is InChI=1S/C28H30Cl2N6O/c1-3-8-19(2)25-32-26(23-18-31-36(27(23)33-25)21-9-5-4-6-10-21)34-13-7-14-35(16-15-34)28(37)22-12-11-20(29)17-24(22)30/h4-6,9-12,17-19H,3,7-8,13-16H2,1-2H3/t19-/m1/s1. The van der Waals surface area contributed by atoms with Crippen molar-refractivity contribution in [2.24, 2.45) is 0 Å². The number of carbonyl (C=O) groups is 1. The molecule has 0 aliphatic carbocycles. The smallest absolute Gasteiger partial charge is 0.255 e. The molecule has 0 saturated carbocycles. The Hall–Kier alpha value is -3.16. The predicted molar refractivity (Wildman–Crippen MR) is 149 cm³/mol. The van der Waals surface area contributed by atoms with Crippen molar-refractivity contribution in [3.8, 4) is 5.69 Å². The minimum atomic E-state index is -0.0782. The van der Waals surface area contributed by atoms with Crippen LogP contribution in [0.1, 0.15) is 55.2 Å². The van der Waals surface area contributed by atoms with E-state index in [1.807, 2.05) is 46.1 Å². The second kappa shape index (κ2) is 11.1. The van der Waals surface area contributed by atoms with Crippen molar-refractivity contribution >= 4 is 46.0 Å². The first kappa shape index (κ1) is 25.5. The minimum Gasteiger partial charge on any atom is -0.354 e. The van der Waals surface area contributed by atoms with Crippen LogP contribution in [0.15, 0.2) is 54.7 Å². The number of benzene rings is 2. The Kier molecular flexibility index (Phi) is 7.63. The first-order valence-corrected chi connectivity index (χ1v) is 13.5. The van der Waals surface area contributed by atoms with Crippen LogP contribution in [-0.4, -0.2) is 56.7 Å².